The Morgan fingerprint density at radius 2 is 1.76 bits per heavy atom. The van der Waals surface area contributed by atoms with Crippen LogP contribution in [0, 0.1) is 6.92 Å². The van der Waals surface area contributed by atoms with Gasteiger partial charge in [-0.05, 0) is 53.3 Å². The zero-order valence-electron chi connectivity index (χ0n) is 20.9. The number of carbonyl (C=O) groups is 1. The molecule has 1 N–H and O–H groups in total. The van der Waals surface area contributed by atoms with E-state index in [0.717, 1.165) is 39.2 Å². The van der Waals surface area contributed by atoms with Crippen LogP contribution in [0.1, 0.15) is 27.9 Å². The highest BCUT2D eigenvalue weighted by molar-refractivity contribution is 7.22. The number of methoxy groups -OCH3 is 1. The van der Waals surface area contributed by atoms with Gasteiger partial charge in [0.1, 0.15) is 5.75 Å². The van der Waals surface area contributed by atoms with E-state index in [2.05, 4.69) is 54.7 Å². The third-order valence-electron chi connectivity index (χ3n) is 6.22. The van der Waals surface area contributed by atoms with Gasteiger partial charge in [0.25, 0.3) is 0 Å². The number of carbonyl (C=O) groups excluding carboxylic acids is 1. The van der Waals surface area contributed by atoms with Crippen molar-refractivity contribution in [1.29, 1.82) is 0 Å². The molecule has 5 rings (SSSR count). The van der Waals surface area contributed by atoms with E-state index in [1.54, 1.807) is 23.5 Å². The lowest BCUT2D eigenvalue weighted by atomic mass is 10.1. The van der Waals surface area contributed by atoms with E-state index in [1.807, 2.05) is 36.4 Å². The summed E-state index contributed by atoms with van der Waals surface area (Å²) in [6.07, 6.45) is 2.87. The molecule has 0 radical (unpaired) electrons. The number of fused-ring (bicyclic) bond motifs is 2. The fraction of sp³-hybridized carbons (Fsp3) is 0.161. The highest BCUT2D eigenvalue weighted by Crippen LogP contribution is 2.29. The fourth-order valence-corrected chi connectivity index (χ4v) is 5.18. The smallest absolute Gasteiger partial charge is 0.337 e. The second-order valence-corrected chi connectivity index (χ2v) is 9.82. The Bertz CT molecular complexity index is 1570. The topological polar surface area (TPSA) is 60.5 Å². The molecule has 0 aliphatic rings. The van der Waals surface area contributed by atoms with Gasteiger partial charge in [-0.1, -0.05) is 78.1 Å². The number of esters is 1. The second-order valence-electron chi connectivity index (χ2n) is 8.79. The van der Waals surface area contributed by atoms with Crippen molar-refractivity contribution in [2.24, 2.45) is 0 Å². The highest BCUT2D eigenvalue weighted by atomic mass is 32.1. The zero-order valence-corrected chi connectivity index (χ0v) is 21.7. The third-order valence-corrected chi connectivity index (χ3v) is 7.20. The summed E-state index contributed by atoms with van der Waals surface area (Å²) < 4.78 is 12.2. The van der Waals surface area contributed by atoms with Crippen LogP contribution < -0.4 is 10.1 Å². The lowest BCUT2D eigenvalue weighted by Crippen LogP contribution is -2.08. The molecular formula is C31H28N2O3S. The van der Waals surface area contributed by atoms with Gasteiger partial charge >= 0.3 is 5.97 Å². The van der Waals surface area contributed by atoms with Gasteiger partial charge in [0.05, 0.1) is 29.5 Å². The van der Waals surface area contributed by atoms with E-state index in [9.17, 15) is 4.79 Å². The van der Waals surface area contributed by atoms with Crippen molar-refractivity contribution in [3.05, 3.63) is 107 Å². The molecule has 1 heterocycles. The summed E-state index contributed by atoms with van der Waals surface area (Å²) in [7, 11) is 1.39. The Hall–Kier alpha value is -4.16. The van der Waals surface area contributed by atoms with E-state index >= 15 is 0 Å². The maximum Gasteiger partial charge on any atom is 0.337 e. The summed E-state index contributed by atoms with van der Waals surface area (Å²) in [4.78, 5) is 16.6. The van der Waals surface area contributed by atoms with Gasteiger partial charge in [-0.2, -0.15) is 0 Å². The van der Waals surface area contributed by atoms with Crippen molar-refractivity contribution >= 4 is 49.5 Å². The molecular weight excluding hydrogens is 480 g/mol. The molecule has 0 aliphatic carbocycles. The van der Waals surface area contributed by atoms with Crippen LogP contribution in [0.2, 0.25) is 0 Å². The Morgan fingerprint density at radius 3 is 2.57 bits per heavy atom. The van der Waals surface area contributed by atoms with Gasteiger partial charge in [-0.25, -0.2) is 9.78 Å². The third kappa shape index (κ3) is 5.81. The number of nitrogens with one attached hydrogen (secondary N) is 1. The van der Waals surface area contributed by atoms with Gasteiger partial charge in [0, 0.05) is 18.4 Å². The molecule has 4 aromatic carbocycles. The normalized spacial score (nSPS) is 11.6. The average molecular weight is 509 g/mol. The molecule has 0 fully saturated rings. The van der Waals surface area contributed by atoms with Crippen molar-refractivity contribution in [3.8, 4) is 5.75 Å². The van der Waals surface area contributed by atoms with Gasteiger partial charge in [-0.3, -0.25) is 0 Å². The number of benzene rings is 4. The maximum absolute atomic E-state index is 11.8. The van der Waals surface area contributed by atoms with E-state index < -0.39 is 0 Å². The number of rotatable bonds is 9. The van der Waals surface area contributed by atoms with Crippen molar-refractivity contribution < 1.29 is 14.3 Å². The summed E-state index contributed by atoms with van der Waals surface area (Å²) >= 11 is 1.66. The van der Waals surface area contributed by atoms with Gasteiger partial charge < -0.3 is 14.8 Å². The van der Waals surface area contributed by atoms with Gasteiger partial charge in [0.15, 0.2) is 5.13 Å². The molecule has 6 heteroatoms. The highest BCUT2D eigenvalue weighted by Gasteiger charge is 2.09. The van der Waals surface area contributed by atoms with E-state index in [0.29, 0.717) is 18.7 Å². The van der Waals surface area contributed by atoms with Crippen LogP contribution in [-0.4, -0.2) is 31.2 Å². The quantitative estimate of drug-likeness (QED) is 0.209. The number of para-hydroxylation sites is 1. The molecule has 5 aromatic rings. The van der Waals surface area contributed by atoms with Crippen molar-refractivity contribution in [2.75, 3.05) is 25.6 Å². The van der Waals surface area contributed by atoms with Crippen molar-refractivity contribution in [2.45, 2.75) is 13.3 Å². The van der Waals surface area contributed by atoms with Crippen LogP contribution in [0.3, 0.4) is 0 Å². The minimum Gasteiger partial charge on any atom is -0.493 e. The monoisotopic (exact) mass is 508 g/mol. The number of anilines is 1. The summed E-state index contributed by atoms with van der Waals surface area (Å²) in [5, 5.41) is 6.67. The van der Waals surface area contributed by atoms with Crippen LogP contribution in [0.5, 0.6) is 5.75 Å². The molecule has 1 aromatic heterocycles. The standard InChI is InChI=1S/C31H28N2O3S/c1-21-7-5-12-28-29(21)33-31(37-28)32-20-23(19-22-13-15-25(16-14-22)30(34)35-2)17-18-36-27-11-6-9-24-8-3-4-10-26(24)27/h3-16,19H,17-18,20H2,1-2H3,(H,32,33)/b23-19+. The number of hydrogen-bond donors (Lipinski definition) is 1. The number of nitrogens with zero attached hydrogens (tertiary/aromatic N) is 1. The minimum atomic E-state index is -0.341. The summed E-state index contributed by atoms with van der Waals surface area (Å²) in [6, 6.07) is 28.0. The van der Waals surface area contributed by atoms with Crippen LogP contribution in [0.15, 0.2) is 90.5 Å². The Labute approximate surface area is 220 Å². The zero-order chi connectivity index (χ0) is 25.6. The summed E-state index contributed by atoms with van der Waals surface area (Å²) in [6.45, 7) is 3.26. The first-order chi connectivity index (χ1) is 18.1. The SMILES string of the molecule is COC(=O)c1ccc(/C=C(\CCOc2cccc3ccccc23)CNc2nc3c(C)cccc3s2)cc1. The molecule has 186 valence electrons. The number of ether oxygens (including phenoxy) is 2. The number of thiazole rings is 1. The number of aromatic nitrogens is 1. The van der Waals surface area contributed by atoms with E-state index in [1.165, 1.54) is 22.9 Å². The minimum absolute atomic E-state index is 0.341. The number of aryl methyl sites for hydroxylation is 1. The molecule has 0 amide bonds. The average Bonchev–Trinajstić information content (AvgIpc) is 3.36. The molecule has 0 unspecified atom stereocenters. The lowest BCUT2D eigenvalue weighted by Gasteiger charge is -2.12. The first-order valence-electron chi connectivity index (χ1n) is 12.2. The van der Waals surface area contributed by atoms with Crippen LogP contribution in [-0.2, 0) is 4.74 Å². The van der Waals surface area contributed by atoms with E-state index in [-0.39, 0.29) is 5.97 Å². The Morgan fingerprint density at radius 1 is 0.973 bits per heavy atom. The second kappa shape index (κ2) is 11.3. The first kappa shape index (κ1) is 24.5. The molecule has 0 bridgehead atoms. The number of hydrogen-bond acceptors (Lipinski definition) is 6. The fourth-order valence-electron chi connectivity index (χ4n) is 4.25. The molecule has 0 aliphatic heterocycles. The summed E-state index contributed by atoms with van der Waals surface area (Å²) in [5.41, 5.74) is 4.92. The van der Waals surface area contributed by atoms with Crippen LogP contribution in [0.25, 0.3) is 27.1 Å². The van der Waals surface area contributed by atoms with Crippen LogP contribution in [0.4, 0.5) is 5.13 Å². The summed E-state index contributed by atoms with van der Waals surface area (Å²) in [5.74, 6) is 0.543. The molecule has 0 saturated carbocycles. The lowest BCUT2D eigenvalue weighted by molar-refractivity contribution is 0.0600. The molecule has 0 saturated heterocycles. The van der Waals surface area contributed by atoms with Gasteiger partial charge in [-0.15, -0.1) is 0 Å². The molecule has 0 spiro atoms. The van der Waals surface area contributed by atoms with Crippen LogP contribution >= 0.6 is 11.3 Å². The maximum atomic E-state index is 11.8. The van der Waals surface area contributed by atoms with Crippen molar-refractivity contribution in [3.63, 3.8) is 0 Å². The first-order valence-corrected chi connectivity index (χ1v) is 13.0. The predicted molar refractivity (Wildman–Crippen MR) is 153 cm³/mol. The molecule has 0 atom stereocenters. The van der Waals surface area contributed by atoms with Gasteiger partial charge in [0.2, 0.25) is 0 Å². The largest absolute Gasteiger partial charge is 0.493 e. The van der Waals surface area contributed by atoms with Crippen molar-refractivity contribution in [1.82, 2.24) is 4.98 Å². The Balaban J connectivity index is 1.33. The van der Waals surface area contributed by atoms with E-state index in [4.69, 9.17) is 14.5 Å². The predicted octanol–water partition coefficient (Wildman–Crippen LogP) is 7.51. The Kier molecular flexibility index (Phi) is 7.47. The molecule has 5 nitrogen and oxygen atoms in total. The molecule has 37 heavy (non-hydrogen) atoms.